The molecular weight excluding hydrogens is 248 g/mol. The minimum atomic E-state index is -1.16. The molecule has 19 heavy (non-hydrogen) atoms. The number of hydrogen-bond acceptors (Lipinski definition) is 4. The van der Waals surface area contributed by atoms with Gasteiger partial charge in [-0.3, -0.25) is 9.78 Å². The minimum absolute atomic E-state index is 0.000865. The summed E-state index contributed by atoms with van der Waals surface area (Å²) in [6, 6.07) is 1.35. The van der Waals surface area contributed by atoms with E-state index in [0.29, 0.717) is 0 Å². The van der Waals surface area contributed by atoms with Crippen LogP contribution < -0.4 is 5.32 Å². The van der Waals surface area contributed by atoms with Gasteiger partial charge in [-0.15, -0.1) is 0 Å². The third-order valence-corrected chi connectivity index (χ3v) is 3.37. The largest absolute Gasteiger partial charge is 0.478 e. The van der Waals surface area contributed by atoms with Gasteiger partial charge in [0.1, 0.15) is 0 Å². The fraction of sp³-hybridized carbons (Fsp3) is 0.462. The number of rotatable bonds is 4. The van der Waals surface area contributed by atoms with Crippen molar-refractivity contribution in [3.63, 3.8) is 0 Å². The number of pyridine rings is 1. The van der Waals surface area contributed by atoms with Gasteiger partial charge in [0.25, 0.3) is 5.91 Å². The first-order chi connectivity index (χ1) is 9.13. The van der Waals surface area contributed by atoms with E-state index in [-0.39, 0.29) is 23.3 Å². The lowest BCUT2D eigenvalue weighted by molar-refractivity contribution is 0.0677. The average molecular weight is 264 g/mol. The van der Waals surface area contributed by atoms with Crippen LogP contribution in [0, 0.1) is 0 Å². The van der Waals surface area contributed by atoms with Crippen molar-refractivity contribution in [2.24, 2.45) is 0 Å². The van der Waals surface area contributed by atoms with E-state index in [1.54, 1.807) is 7.11 Å². The molecule has 1 aliphatic rings. The van der Waals surface area contributed by atoms with E-state index < -0.39 is 11.9 Å². The van der Waals surface area contributed by atoms with E-state index in [9.17, 15) is 9.59 Å². The number of hydrogen-bond donors (Lipinski definition) is 2. The van der Waals surface area contributed by atoms with Crippen LogP contribution in [0.3, 0.4) is 0 Å². The maximum absolute atomic E-state index is 12.1. The molecule has 1 aromatic rings. The summed E-state index contributed by atoms with van der Waals surface area (Å²) in [4.78, 5) is 26.9. The summed E-state index contributed by atoms with van der Waals surface area (Å²) in [6.07, 6.45) is 5.33. The van der Waals surface area contributed by atoms with E-state index >= 15 is 0 Å². The van der Waals surface area contributed by atoms with Crippen molar-refractivity contribution in [3.05, 3.63) is 29.6 Å². The van der Waals surface area contributed by atoms with Crippen LogP contribution in [0.1, 0.15) is 40.0 Å². The van der Waals surface area contributed by atoms with Gasteiger partial charge in [0.15, 0.2) is 0 Å². The number of aromatic carboxylic acids is 1. The molecule has 2 unspecified atom stereocenters. The highest BCUT2D eigenvalue weighted by Crippen LogP contribution is 2.22. The standard InChI is InChI=1S/C13H16N2O4/c1-19-11-4-2-3-10(11)15-12(16)8-5-6-14-7-9(8)13(17)18/h5-7,10-11H,2-4H2,1H3,(H,15,16)(H,17,18). The van der Waals surface area contributed by atoms with Crippen LogP contribution in [0.25, 0.3) is 0 Å². The highest BCUT2D eigenvalue weighted by atomic mass is 16.5. The van der Waals surface area contributed by atoms with E-state index in [4.69, 9.17) is 9.84 Å². The molecule has 0 radical (unpaired) electrons. The molecule has 1 aliphatic carbocycles. The Kier molecular flexibility index (Phi) is 4.11. The number of ether oxygens (including phenoxy) is 1. The van der Waals surface area contributed by atoms with Gasteiger partial charge < -0.3 is 15.2 Å². The lowest BCUT2D eigenvalue weighted by atomic mass is 10.1. The Labute approximate surface area is 110 Å². The van der Waals surface area contributed by atoms with Crippen molar-refractivity contribution in [2.45, 2.75) is 31.4 Å². The van der Waals surface area contributed by atoms with Crippen molar-refractivity contribution in [1.82, 2.24) is 10.3 Å². The molecule has 6 heteroatoms. The zero-order valence-electron chi connectivity index (χ0n) is 10.6. The second-order valence-electron chi connectivity index (χ2n) is 4.51. The number of methoxy groups -OCH3 is 1. The zero-order valence-corrected chi connectivity index (χ0v) is 10.6. The molecule has 0 bridgehead atoms. The Bertz CT molecular complexity index is 489. The number of nitrogens with zero attached hydrogens (tertiary/aromatic N) is 1. The van der Waals surface area contributed by atoms with Crippen molar-refractivity contribution >= 4 is 11.9 Å². The molecule has 1 heterocycles. The third-order valence-electron chi connectivity index (χ3n) is 3.37. The van der Waals surface area contributed by atoms with Crippen LogP contribution in [0.15, 0.2) is 18.5 Å². The lowest BCUT2D eigenvalue weighted by Gasteiger charge is -2.19. The van der Waals surface area contributed by atoms with Gasteiger partial charge in [-0.1, -0.05) is 0 Å². The normalized spacial score (nSPS) is 22.2. The zero-order chi connectivity index (χ0) is 13.8. The Hall–Kier alpha value is -1.95. The fourth-order valence-corrected chi connectivity index (χ4v) is 2.38. The van der Waals surface area contributed by atoms with E-state index in [1.807, 2.05) is 0 Å². The number of carboxylic acids is 1. The maximum Gasteiger partial charge on any atom is 0.338 e. The van der Waals surface area contributed by atoms with Gasteiger partial charge in [-0.2, -0.15) is 0 Å². The maximum atomic E-state index is 12.1. The first-order valence-corrected chi connectivity index (χ1v) is 6.14. The van der Waals surface area contributed by atoms with E-state index in [2.05, 4.69) is 10.3 Å². The second kappa shape index (κ2) is 5.79. The van der Waals surface area contributed by atoms with Crippen LogP contribution in [0.4, 0.5) is 0 Å². The monoisotopic (exact) mass is 264 g/mol. The Balaban J connectivity index is 2.14. The van der Waals surface area contributed by atoms with Crippen molar-refractivity contribution in [1.29, 1.82) is 0 Å². The highest BCUT2D eigenvalue weighted by Gasteiger charge is 2.29. The first kappa shape index (κ1) is 13.5. The fourth-order valence-electron chi connectivity index (χ4n) is 2.38. The number of carboxylic acid groups (broad SMARTS) is 1. The molecule has 0 spiro atoms. The highest BCUT2D eigenvalue weighted by molar-refractivity contribution is 6.04. The number of amides is 1. The molecule has 2 rings (SSSR count). The minimum Gasteiger partial charge on any atom is -0.478 e. The second-order valence-corrected chi connectivity index (χ2v) is 4.51. The van der Waals surface area contributed by atoms with E-state index in [1.165, 1.54) is 18.5 Å². The Morgan fingerprint density at radius 1 is 1.42 bits per heavy atom. The van der Waals surface area contributed by atoms with Gasteiger partial charge in [0.05, 0.1) is 23.3 Å². The number of nitrogens with one attached hydrogen (secondary N) is 1. The van der Waals surface area contributed by atoms with E-state index in [0.717, 1.165) is 19.3 Å². The summed E-state index contributed by atoms with van der Waals surface area (Å²) in [6.45, 7) is 0. The summed E-state index contributed by atoms with van der Waals surface area (Å²) in [5.74, 6) is -1.55. The summed E-state index contributed by atoms with van der Waals surface area (Å²) >= 11 is 0. The average Bonchev–Trinajstić information content (AvgIpc) is 2.85. The molecule has 102 valence electrons. The quantitative estimate of drug-likeness (QED) is 0.849. The summed E-state index contributed by atoms with van der Waals surface area (Å²) in [5, 5.41) is 11.9. The van der Waals surface area contributed by atoms with Gasteiger partial charge in [0.2, 0.25) is 0 Å². The number of aromatic nitrogens is 1. The van der Waals surface area contributed by atoms with Crippen molar-refractivity contribution < 1.29 is 19.4 Å². The molecule has 1 amide bonds. The van der Waals surface area contributed by atoms with Crippen LogP contribution in [0.5, 0.6) is 0 Å². The van der Waals surface area contributed by atoms with Crippen LogP contribution in [0.2, 0.25) is 0 Å². The SMILES string of the molecule is COC1CCCC1NC(=O)c1ccncc1C(=O)O. The Morgan fingerprint density at radius 2 is 2.21 bits per heavy atom. The van der Waals surface area contributed by atoms with Crippen LogP contribution >= 0.6 is 0 Å². The van der Waals surface area contributed by atoms with Crippen LogP contribution in [-0.2, 0) is 4.74 Å². The van der Waals surface area contributed by atoms with Gasteiger partial charge >= 0.3 is 5.97 Å². The topological polar surface area (TPSA) is 88.5 Å². The summed E-state index contributed by atoms with van der Waals surface area (Å²) in [7, 11) is 1.62. The lowest BCUT2D eigenvalue weighted by Crippen LogP contribution is -2.41. The predicted octanol–water partition coefficient (Wildman–Crippen LogP) is 1.08. The van der Waals surface area contributed by atoms with Gasteiger partial charge in [-0.25, -0.2) is 4.79 Å². The Morgan fingerprint density at radius 3 is 2.89 bits per heavy atom. The van der Waals surface area contributed by atoms with Gasteiger partial charge in [-0.05, 0) is 25.3 Å². The summed E-state index contributed by atoms with van der Waals surface area (Å²) < 4.78 is 5.29. The smallest absolute Gasteiger partial charge is 0.338 e. The molecule has 2 N–H and O–H groups in total. The predicted molar refractivity (Wildman–Crippen MR) is 67.1 cm³/mol. The third kappa shape index (κ3) is 2.90. The summed E-state index contributed by atoms with van der Waals surface area (Å²) in [5.41, 5.74) is 0.0382. The van der Waals surface area contributed by atoms with Crippen LogP contribution in [-0.4, -0.2) is 41.2 Å². The molecule has 0 saturated heterocycles. The number of carbonyl (C=O) groups is 2. The molecule has 6 nitrogen and oxygen atoms in total. The van der Waals surface area contributed by atoms with Gasteiger partial charge in [0, 0.05) is 19.5 Å². The van der Waals surface area contributed by atoms with Crippen molar-refractivity contribution in [2.75, 3.05) is 7.11 Å². The molecule has 1 aromatic heterocycles. The molecule has 0 aromatic carbocycles. The first-order valence-electron chi connectivity index (χ1n) is 6.14. The number of carbonyl (C=O) groups excluding carboxylic acids is 1. The molecule has 1 saturated carbocycles. The van der Waals surface area contributed by atoms with Crippen molar-refractivity contribution in [3.8, 4) is 0 Å². The molecule has 2 atom stereocenters. The molecule has 0 aliphatic heterocycles. The molecule has 1 fully saturated rings. The molecular formula is C13H16N2O4.